The lowest BCUT2D eigenvalue weighted by atomic mass is 9.83. The summed E-state index contributed by atoms with van der Waals surface area (Å²) in [6, 6.07) is 8.60. The van der Waals surface area contributed by atoms with Crippen molar-refractivity contribution in [2.24, 2.45) is 5.92 Å². The molecule has 1 amide bonds. The van der Waals surface area contributed by atoms with E-state index in [9.17, 15) is 4.79 Å². The number of hydrogen-bond donors (Lipinski definition) is 1. The van der Waals surface area contributed by atoms with Crippen LogP contribution in [-0.2, 0) is 0 Å². The number of nitrogens with one attached hydrogen (secondary N) is 1. The summed E-state index contributed by atoms with van der Waals surface area (Å²) in [6.07, 6.45) is 8.08. The van der Waals surface area contributed by atoms with Gasteiger partial charge in [-0.25, -0.2) is 4.68 Å². The van der Waals surface area contributed by atoms with Gasteiger partial charge in [0.2, 0.25) is 0 Å². The van der Waals surface area contributed by atoms with Crippen LogP contribution < -0.4 is 5.32 Å². The predicted octanol–water partition coefficient (Wildman–Crippen LogP) is 3.94. The molecule has 1 unspecified atom stereocenters. The maximum atomic E-state index is 12.8. The van der Waals surface area contributed by atoms with Crippen molar-refractivity contribution in [2.45, 2.75) is 45.1 Å². The molecule has 144 valence electrons. The number of hydrogen-bond acceptors (Lipinski definition) is 3. The molecule has 27 heavy (non-hydrogen) atoms. The van der Waals surface area contributed by atoms with Gasteiger partial charge in [0.1, 0.15) is 0 Å². The van der Waals surface area contributed by atoms with Gasteiger partial charge in [0, 0.05) is 17.1 Å². The van der Waals surface area contributed by atoms with Crippen molar-refractivity contribution in [3.63, 3.8) is 0 Å². The third kappa shape index (κ3) is 3.97. The highest BCUT2D eigenvalue weighted by Gasteiger charge is 2.33. The van der Waals surface area contributed by atoms with Gasteiger partial charge < -0.3 is 10.2 Å². The third-order valence-corrected chi connectivity index (χ3v) is 6.61. The van der Waals surface area contributed by atoms with Crippen LogP contribution in [0.3, 0.4) is 0 Å². The van der Waals surface area contributed by atoms with Crippen molar-refractivity contribution < 1.29 is 4.79 Å². The smallest absolute Gasteiger partial charge is 0.254 e. The van der Waals surface area contributed by atoms with Gasteiger partial charge in [-0.2, -0.15) is 5.10 Å². The first kappa shape index (κ1) is 18.7. The minimum absolute atomic E-state index is 0.0104. The van der Waals surface area contributed by atoms with Crippen LogP contribution in [0.5, 0.6) is 0 Å². The summed E-state index contributed by atoms with van der Waals surface area (Å²) < 4.78 is 2.85. The first-order valence-electron chi connectivity index (χ1n) is 9.96. The molecule has 5 nitrogen and oxygen atoms in total. The normalized spacial score (nSPS) is 23.0. The Kier molecular flexibility index (Phi) is 5.64. The number of piperidine rings is 2. The highest BCUT2D eigenvalue weighted by Crippen LogP contribution is 2.30. The molecular weight excluding hydrogens is 404 g/mol. The molecule has 2 aromatic rings. The van der Waals surface area contributed by atoms with Gasteiger partial charge in [-0.05, 0) is 75.9 Å². The van der Waals surface area contributed by atoms with Crippen LogP contribution in [0.25, 0.3) is 5.69 Å². The molecule has 1 aromatic heterocycles. The summed E-state index contributed by atoms with van der Waals surface area (Å²) in [7, 11) is 0. The molecule has 0 radical (unpaired) electrons. The maximum absolute atomic E-state index is 12.8. The second kappa shape index (κ2) is 8.15. The van der Waals surface area contributed by atoms with Gasteiger partial charge in [-0.3, -0.25) is 4.79 Å². The largest absolute Gasteiger partial charge is 0.352 e. The van der Waals surface area contributed by atoms with Gasteiger partial charge in [-0.1, -0.05) is 22.4 Å². The summed E-state index contributed by atoms with van der Waals surface area (Å²) in [4.78, 5) is 15.4. The van der Waals surface area contributed by atoms with E-state index in [-0.39, 0.29) is 5.91 Å². The number of carbonyl (C=O) groups excluding carboxylic acids is 1. The quantitative estimate of drug-likeness (QED) is 0.798. The molecule has 0 bridgehead atoms. The zero-order valence-electron chi connectivity index (χ0n) is 15.8. The zero-order chi connectivity index (χ0) is 18.8. The van der Waals surface area contributed by atoms with Crippen LogP contribution in [0.2, 0.25) is 0 Å². The summed E-state index contributed by atoms with van der Waals surface area (Å²) in [5, 5.41) is 7.62. The average molecular weight is 431 g/mol. The van der Waals surface area contributed by atoms with E-state index in [1.807, 2.05) is 35.9 Å². The number of nitrogens with zero attached hydrogens (tertiary/aromatic N) is 3. The van der Waals surface area contributed by atoms with Crippen molar-refractivity contribution in [3.8, 4) is 5.69 Å². The number of fused-ring (bicyclic) bond motifs is 1. The Morgan fingerprint density at radius 2 is 1.96 bits per heavy atom. The van der Waals surface area contributed by atoms with Crippen LogP contribution in [0, 0.1) is 12.8 Å². The standard InChI is InChI=1S/C21H27BrN4O/c1-15-19(14-24-26(15)18-9-7-17(22)8-10-18)21(27)23-13-16-5-4-12-25-11-3-2-6-20(16)25/h7-10,14,16,20H,2-6,11-13H2,1H3,(H,23,27)/t16-,20?/m0/s1. The Labute approximate surface area is 169 Å². The molecule has 0 spiro atoms. The Morgan fingerprint density at radius 1 is 1.19 bits per heavy atom. The zero-order valence-corrected chi connectivity index (χ0v) is 17.4. The van der Waals surface area contributed by atoms with Crippen molar-refractivity contribution in [1.82, 2.24) is 20.0 Å². The van der Waals surface area contributed by atoms with Crippen LogP contribution in [0.15, 0.2) is 34.9 Å². The molecule has 1 N–H and O–H groups in total. The summed E-state index contributed by atoms with van der Waals surface area (Å²) in [5.74, 6) is 0.564. The molecule has 2 aliphatic rings. The first-order chi connectivity index (χ1) is 13.1. The summed E-state index contributed by atoms with van der Waals surface area (Å²) in [5.41, 5.74) is 2.49. The molecular formula is C21H27BrN4O. The Morgan fingerprint density at radius 3 is 2.78 bits per heavy atom. The molecule has 1 aromatic carbocycles. The molecule has 2 fully saturated rings. The monoisotopic (exact) mass is 430 g/mol. The van der Waals surface area contributed by atoms with Crippen LogP contribution in [0.1, 0.15) is 48.2 Å². The Balaban J connectivity index is 1.42. The number of aromatic nitrogens is 2. The minimum atomic E-state index is -0.0104. The van der Waals surface area contributed by atoms with Crippen molar-refractivity contribution in [3.05, 3.63) is 46.2 Å². The van der Waals surface area contributed by atoms with Crippen LogP contribution in [0.4, 0.5) is 0 Å². The second-order valence-corrected chi connectivity index (χ2v) is 8.66. The fraction of sp³-hybridized carbons (Fsp3) is 0.524. The highest BCUT2D eigenvalue weighted by molar-refractivity contribution is 9.10. The van der Waals surface area contributed by atoms with Crippen LogP contribution in [-0.4, -0.2) is 46.3 Å². The molecule has 2 saturated heterocycles. The van der Waals surface area contributed by atoms with Crippen molar-refractivity contribution in [2.75, 3.05) is 19.6 Å². The molecule has 4 rings (SSSR count). The first-order valence-corrected chi connectivity index (χ1v) is 10.8. The fourth-order valence-electron chi connectivity index (χ4n) is 4.61. The van der Waals surface area contributed by atoms with Gasteiger partial charge in [-0.15, -0.1) is 0 Å². The Hall–Kier alpha value is -1.66. The summed E-state index contributed by atoms with van der Waals surface area (Å²) >= 11 is 3.45. The van der Waals surface area contributed by atoms with E-state index >= 15 is 0 Å². The van der Waals surface area contributed by atoms with Gasteiger partial charge >= 0.3 is 0 Å². The Bertz CT molecular complexity index is 799. The van der Waals surface area contributed by atoms with Gasteiger partial charge in [0.05, 0.1) is 23.1 Å². The second-order valence-electron chi connectivity index (χ2n) is 7.74. The maximum Gasteiger partial charge on any atom is 0.254 e. The highest BCUT2D eigenvalue weighted by atomic mass is 79.9. The number of amides is 1. The lowest BCUT2D eigenvalue weighted by molar-refractivity contribution is 0.0575. The molecule has 0 saturated carbocycles. The van der Waals surface area contributed by atoms with E-state index in [0.717, 1.165) is 22.4 Å². The van der Waals surface area contributed by atoms with Crippen molar-refractivity contribution >= 4 is 21.8 Å². The summed E-state index contributed by atoms with van der Waals surface area (Å²) in [6.45, 7) is 5.18. The number of halogens is 1. The van der Waals surface area contributed by atoms with E-state index < -0.39 is 0 Å². The third-order valence-electron chi connectivity index (χ3n) is 6.08. The van der Waals surface area contributed by atoms with E-state index in [1.54, 1.807) is 6.20 Å². The number of carbonyl (C=O) groups is 1. The number of benzene rings is 1. The van der Waals surface area contributed by atoms with Crippen LogP contribution >= 0.6 is 15.9 Å². The average Bonchev–Trinajstić information content (AvgIpc) is 3.08. The lowest BCUT2D eigenvalue weighted by Gasteiger charge is -2.44. The van der Waals surface area contributed by atoms with E-state index in [4.69, 9.17) is 0 Å². The van der Waals surface area contributed by atoms with Gasteiger partial charge in [0.15, 0.2) is 0 Å². The lowest BCUT2D eigenvalue weighted by Crippen LogP contribution is -2.51. The molecule has 3 heterocycles. The molecule has 6 heteroatoms. The van der Waals surface area contributed by atoms with E-state index in [1.165, 1.54) is 45.2 Å². The van der Waals surface area contributed by atoms with E-state index in [2.05, 4.69) is 31.2 Å². The molecule has 2 atom stereocenters. The molecule has 0 aliphatic carbocycles. The van der Waals surface area contributed by atoms with E-state index in [0.29, 0.717) is 17.5 Å². The SMILES string of the molecule is Cc1c(C(=O)NC[C@@H]2CCCN3CCCCC23)cnn1-c1ccc(Br)cc1. The van der Waals surface area contributed by atoms with Crippen molar-refractivity contribution in [1.29, 1.82) is 0 Å². The van der Waals surface area contributed by atoms with Gasteiger partial charge in [0.25, 0.3) is 5.91 Å². The predicted molar refractivity (Wildman–Crippen MR) is 110 cm³/mol. The number of rotatable bonds is 4. The fourth-order valence-corrected chi connectivity index (χ4v) is 4.87. The minimum Gasteiger partial charge on any atom is -0.352 e. The topological polar surface area (TPSA) is 50.2 Å². The molecule has 2 aliphatic heterocycles.